The van der Waals surface area contributed by atoms with Crippen LogP contribution in [0, 0.1) is 34.6 Å². The van der Waals surface area contributed by atoms with Crippen LogP contribution in [0.3, 0.4) is 0 Å². The van der Waals surface area contributed by atoms with E-state index in [-0.39, 0.29) is 5.75 Å². The molecule has 3 aromatic carbocycles. The van der Waals surface area contributed by atoms with E-state index in [9.17, 15) is 15.3 Å². The van der Waals surface area contributed by atoms with E-state index in [0.29, 0.717) is 11.5 Å². The van der Waals surface area contributed by atoms with Crippen molar-refractivity contribution in [1.29, 1.82) is 0 Å². The number of aromatic hydroxyl groups is 3. The summed E-state index contributed by atoms with van der Waals surface area (Å²) < 4.78 is 0. The molecule has 0 spiro atoms. The Morgan fingerprint density at radius 1 is 0.536 bits per heavy atom. The Morgan fingerprint density at radius 2 is 0.893 bits per heavy atom. The highest BCUT2D eigenvalue weighted by atomic mass is 16.3. The van der Waals surface area contributed by atoms with E-state index in [1.165, 1.54) is 0 Å². The third kappa shape index (κ3) is 3.11. The van der Waals surface area contributed by atoms with Crippen LogP contribution in [-0.4, -0.2) is 15.3 Å². The molecule has 3 rings (SSSR count). The lowest BCUT2D eigenvalue weighted by molar-refractivity contribution is 0.465. The van der Waals surface area contributed by atoms with Gasteiger partial charge in [-0.05, 0) is 92.1 Å². The molecular formula is C25H28O3. The Morgan fingerprint density at radius 3 is 1.25 bits per heavy atom. The number of phenolic OH excluding ortho intramolecular Hbond substituents is 3. The van der Waals surface area contributed by atoms with Crippen molar-refractivity contribution in [2.45, 2.75) is 47.0 Å². The van der Waals surface area contributed by atoms with E-state index < -0.39 is 5.41 Å². The summed E-state index contributed by atoms with van der Waals surface area (Å²) in [4.78, 5) is 0. The molecule has 0 saturated carbocycles. The fourth-order valence-corrected chi connectivity index (χ4v) is 3.96. The fraction of sp³-hybridized carbons (Fsp3) is 0.280. The molecule has 0 fully saturated rings. The van der Waals surface area contributed by atoms with Crippen molar-refractivity contribution in [2.75, 3.05) is 0 Å². The molecule has 0 aliphatic heterocycles. The minimum absolute atomic E-state index is 0.266. The SMILES string of the molecule is Cc1cc(C(C)(c2cc(C)c(O)c(C)c2)c2cc(C)c(O)c(C)c2)ccc1O. The summed E-state index contributed by atoms with van der Waals surface area (Å²) in [6.07, 6.45) is 0. The average Bonchev–Trinajstić information content (AvgIpc) is 2.64. The van der Waals surface area contributed by atoms with Gasteiger partial charge in [-0.15, -0.1) is 0 Å². The van der Waals surface area contributed by atoms with Crippen LogP contribution in [0.5, 0.6) is 17.2 Å². The maximum atomic E-state index is 10.3. The second kappa shape index (κ2) is 6.90. The molecule has 0 aromatic heterocycles. The molecule has 0 bridgehead atoms. The summed E-state index contributed by atoms with van der Waals surface area (Å²) in [6.45, 7) is 11.7. The van der Waals surface area contributed by atoms with Crippen molar-refractivity contribution in [1.82, 2.24) is 0 Å². The largest absolute Gasteiger partial charge is 0.508 e. The van der Waals surface area contributed by atoms with E-state index >= 15 is 0 Å². The van der Waals surface area contributed by atoms with Crippen LogP contribution in [0.25, 0.3) is 0 Å². The standard InChI is InChI=1S/C25H28O3/c1-14-9-19(7-8-22(14)26)25(6,20-10-15(2)23(27)16(3)11-20)21-12-17(4)24(28)18(5)13-21/h7-13,26-28H,1-6H3. The van der Waals surface area contributed by atoms with Gasteiger partial charge in [0, 0.05) is 5.41 Å². The zero-order chi connectivity index (χ0) is 20.8. The molecular weight excluding hydrogens is 348 g/mol. The number of hydrogen-bond donors (Lipinski definition) is 3. The van der Waals surface area contributed by atoms with E-state index in [1.54, 1.807) is 6.07 Å². The van der Waals surface area contributed by atoms with Crippen molar-refractivity contribution >= 4 is 0 Å². The van der Waals surface area contributed by atoms with Crippen molar-refractivity contribution in [2.24, 2.45) is 0 Å². The van der Waals surface area contributed by atoms with Crippen LogP contribution in [0.15, 0.2) is 42.5 Å². The molecule has 0 unspecified atom stereocenters. The van der Waals surface area contributed by atoms with Crippen LogP contribution >= 0.6 is 0 Å². The minimum atomic E-state index is -0.523. The molecule has 3 nitrogen and oxygen atoms in total. The van der Waals surface area contributed by atoms with Gasteiger partial charge in [-0.3, -0.25) is 0 Å². The van der Waals surface area contributed by atoms with Gasteiger partial charge in [0.25, 0.3) is 0 Å². The molecule has 0 heterocycles. The molecule has 0 atom stereocenters. The Balaban J connectivity index is 2.39. The number of aryl methyl sites for hydroxylation is 5. The molecule has 0 aliphatic carbocycles. The number of hydrogen-bond acceptors (Lipinski definition) is 3. The number of benzene rings is 3. The van der Waals surface area contributed by atoms with Crippen LogP contribution < -0.4 is 0 Å². The summed E-state index contributed by atoms with van der Waals surface area (Å²) in [7, 11) is 0. The van der Waals surface area contributed by atoms with Crippen LogP contribution in [0.1, 0.15) is 51.4 Å². The predicted molar refractivity (Wildman–Crippen MR) is 114 cm³/mol. The van der Waals surface area contributed by atoms with Gasteiger partial charge in [-0.2, -0.15) is 0 Å². The van der Waals surface area contributed by atoms with Gasteiger partial charge in [0.15, 0.2) is 0 Å². The van der Waals surface area contributed by atoms with Crippen LogP contribution in [0.2, 0.25) is 0 Å². The van der Waals surface area contributed by atoms with Gasteiger partial charge in [0.05, 0.1) is 0 Å². The number of phenols is 3. The highest BCUT2D eigenvalue weighted by molar-refractivity contribution is 5.58. The van der Waals surface area contributed by atoms with Crippen molar-refractivity contribution in [3.63, 3.8) is 0 Å². The highest BCUT2D eigenvalue weighted by Gasteiger charge is 2.33. The summed E-state index contributed by atoms with van der Waals surface area (Å²) in [6, 6.07) is 13.7. The van der Waals surface area contributed by atoms with E-state index in [1.807, 2.05) is 71.0 Å². The lowest BCUT2D eigenvalue weighted by atomic mass is 9.69. The quantitative estimate of drug-likeness (QED) is 0.514. The van der Waals surface area contributed by atoms with Crippen molar-refractivity contribution in [3.8, 4) is 17.2 Å². The van der Waals surface area contributed by atoms with Crippen molar-refractivity contribution < 1.29 is 15.3 Å². The minimum Gasteiger partial charge on any atom is -0.508 e. The van der Waals surface area contributed by atoms with Crippen LogP contribution in [-0.2, 0) is 5.41 Å². The maximum absolute atomic E-state index is 10.3. The molecule has 3 aromatic rings. The van der Waals surface area contributed by atoms with E-state index in [4.69, 9.17) is 0 Å². The summed E-state index contributed by atoms with van der Waals surface area (Å²) in [5.41, 5.74) is 6.72. The Hall–Kier alpha value is -2.94. The van der Waals surface area contributed by atoms with Gasteiger partial charge >= 0.3 is 0 Å². The second-order valence-electron chi connectivity index (χ2n) is 8.04. The third-order valence-corrected chi connectivity index (χ3v) is 5.91. The van der Waals surface area contributed by atoms with E-state index in [0.717, 1.165) is 44.5 Å². The molecule has 28 heavy (non-hydrogen) atoms. The Labute approximate surface area is 166 Å². The Kier molecular flexibility index (Phi) is 4.88. The Bertz CT molecular complexity index is 960. The molecule has 146 valence electrons. The predicted octanol–water partition coefficient (Wildman–Crippen LogP) is 5.70. The summed E-state index contributed by atoms with van der Waals surface area (Å²) in [5.74, 6) is 0.888. The average molecular weight is 376 g/mol. The maximum Gasteiger partial charge on any atom is 0.121 e. The first-order valence-corrected chi connectivity index (χ1v) is 9.47. The molecule has 0 aliphatic rings. The molecule has 0 amide bonds. The van der Waals surface area contributed by atoms with Crippen molar-refractivity contribution in [3.05, 3.63) is 87.0 Å². The topological polar surface area (TPSA) is 60.7 Å². The monoisotopic (exact) mass is 376 g/mol. The lowest BCUT2D eigenvalue weighted by Gasteiger charge is -2.34. The summed E-state index contributed by atoms with van der Waals surface area (Å²) in [5, 5.41) is 30.6. The van der Waals surface area contributed by atoms with Gasteiger partial charge in [0.2, 0.25) is 0 Å². The van der Waals surface area contributed by atoms with E-state index in [2.05, 4.69) is 6.92 Å². The molecule has 3 heteroatoms. The molecule has 0 radical (unpaired) electrons. The summed E-state index contributed by atoms with van der Waals surface area (Å²) >= 11 is 0. The van der Waals surface area contributed by atoms with Gasteiger partial charge in [-0.25, -0.2) is 0 Å². The fourth-order valence-electron chi connectivity index (χ4n) is 3.96. The molecule has 3 N–H and O–H groups in total. The highest BCUT2D eigenvalue weighted by Crippen LogP contribution is 2.43. The zero-order valence-corrected chi connectivity index (χ0v) is 17.4. The first-order chi connectivity index (χ1) is 13.1. The smallest absolute Gasteiger partial charge is 0.121 e. The lowest BCUT2D eigenvalue weighted by Crippen LogP contribution is -2.26. The van der Waals surface area contributed by atoms with Gasteiger partial charge in [0.1, 0.15) is 17.2 Å². The van der Waals surface area contributed by atoms with Gasteiger partial charge in [-0.1, -0.05) is 36.4 Å². The zero-order valence-electron chi connectivity index (χ0n) is 17.4. The van der Waals surface area contributed by atoms with Crippen LogP contribution in [0.4, 0.5) is 0 Å². The number of rotatable bonds is 3. The van der Waals surface area contributed by atoms with Gasteiger partial charge < -0.3 is 15.3 Å². The normalized spacial score (nSPS) is 11.6. The first-order valence-electron chi connectivity index (χ1n) is 9.47. The second-order valence-corrected chi connectivity index (χ2v) is 8.04. The first kappa shape index (κ1) is 19.8. The molecule has 0 saturated heterocycles. The third-order valence-electron chi connectivity index (χ3n) is 5.91.